The van der Waals surface area contributed by atoms with Crippen molar-refractivity contribution in [3.63, 3.8) is 0 Å². The lowest BCUT2D eigenvalue weighted by Crippen LogP contribution is -2.47. The molecule has 7 heteroatoms. The summed E-state index contributed by atoms with van der Waals surface area (Å²) in [4.78, 5) is 23.8. The average Bonchev–Trinajstić information content (AvgIpc) is 3.35. The second-order valence-electron chi connectivity index (χ2n) is 13.0. The molecule has 3 N–H and O–H groups in total. The number of hydrogen-bond donors (Lipinski definition) is 3. The molecule has 0 spiro atoms. The van der Waals surface area contributed by atoms with Crippen LogP contribution in [-0.2, 0) is 17.8 Å². The third-order valence-corrected chi connectivity index (χ3v) is 7.40. The van der Waals surface area contributed by atoms with Crippen molar-refractivity contribution < 1.29 is 14.7 Å². The molecular weight excluding hydrogens is 548 g/mol. The van der Waals surface area contributed by atoms with E-state index >= 15 is 0 Å². The fourth-order valence-electron chi connectivity index (χ4n) is 5.15. The van der Waals surface area contributed by atoms with Crippen molar-refractivity contribution in [3.05, 3.63) is 65.4 Å². The Morgan fingerprint density at radius 2 is 1.64 bits per heavy atom. The van der Waals surface area contributed by atoms with E-state index in [1.54, 1.807) is 0 Å². The molecule has 0 saturated carbocycles. The molecule has 1 aromatic heterocycles. The highest BCUT2D eigenvalue weighted by molar-refractivity contribution is 6.04. The number of aromatic nitrogens is 1. The summed E-state index contributed by atoms with van der Waals surface area (Å²) in [6, 6.07) is 13.2. The van der Waals surface area contributed by atoms with Crippen LogP contribution in [-0.4, -0.2) is 54.7 Å². The quantitative estimate of drug-likeness (QED) is 0.176. The number of nitrogens with one attached hydrogen (secondary N) is 2. The summed E-state index contributed by atoms with van der Waals surface area (Å²) in [5.74, 6) is 0.651. The van der Waals surface area contributed by atoms with E-state index in [1.807, 2.05) is 63.3 Å². The van der Waals surface area contributed by atoms with E-state index in [0.29, 0.717) is 12.1 Å². The van der Waals surface area contributed by atoms with Crippen LogP contribution >= 0.6 is 0 Å². The van der Waals surface area contributed by atoms with E-state index in [4.69, 9.17) is 4.79 Å². The zero-order chi connectivity index (χ0) is 33.4. The molecular formula is C37H60N4O3. The zero-order valence-corrected chi connectivity index (χ0v) is 29.2. The Bertz CT molecular complexity index is 1250. The number of benzene rings is 2. The highest BCUT2D eigenvalue weighted by Gasteiger charge is 2.27. The van der Waals surface area contributed by atoms with Crippen LogP contribution in [0.15, 0.2) is 48.7 Å². The maximum Gasteiger partial charge on any atom is 0.251 e. The summed E-state index contributed by atoms with van der Waals surface area (Å²) in [5, 5.41) is 19.1. The molecule has 3 aromatic rings. The van der Waals surface area contributed by atoms with Gasteiger partial charge in [0.05, 0.1) is 23.3 Å². The van der Waals surface area contributed by atoms with Gasteiger partial charge < -0.3 is 30.0 Å². The van der Waals surface area contributed by atoms with Crippen LogP contribution in [0.5, 0.6) is 0 Å². The number of β-amino-alcohol motifs (C(OH)–C–C–N with tert-alkyl or cyclic N) is 1. The van der Waals surface area contributed by atoms with E-state index < -0.39 is 12.1 Å². The van der Waals surface area contributed by atoms with Crippen molar-refractivity contribution in [2.75, 3.05) is 25.5 Å². The zero-order valence-electron chi connectivity index (χ0n) is 29.2. The molecule has 2 unspecified atom stereocenters. The van der Waals surface area contributed by atoms with Gasteiger partial charge in [-0.3, -0.25) is 4.79 Å². The predicted octanol–water partition coefficient (Wildman–Crippen LogP) is 7.55. The van der Waals surface area contributed by atoms with Crippen LogP contribution in [0.25, 0.3) is 10.9 Å². The lowest BCUT2D eigenvalue weighted by atomic mass is 9.95. The monoisotopic (exact) mass is 608 g/mol. The minimum absolute atomic E-state index is 0.0872. The molecule has 0 bridgehead atoms. The standard InChI is InChI=1S/C32H48N4O2.C4H10.CH2O/c1-8-11-17-32(4,5)33-21-28(37)29(24-15-13-12-14-16-24)34-31(38)25-19-26-23(10-3)22-36(18-9-2)30(26)27(20-25)35(6)7;1-4(2)3;1-2/h12-16,19-20,22,28-29,33,37H,8-11,17-18,21H2,1-7H3,(H,34,38);4H,1-3H3;1H2. The predicted molar refractivity (Wildman–Crippen MR) is 188 cm³/mol. The second kappa shape index (κ2) is 19.3. The highest BCUT2D eigenvalue weighted by atomic mass is 16.3. The van der Waals surface area contributed by atoms with Gasteiger partial charge in [0.25, 0.3) is 5.91 Å². The number of hydrogen-bond acceptors (Lipinski definition) is 5. The minimum Gasteiger partial charge on any atom is -0.389 e. The Morgan fingerprint density at radius 3 is 2.16 bits per heavy atom. The molecule has 44 heavy (non-hydrogen) atoms. The number of carbonyl (C=O) groups excluding carboxylic acids is 2. The van der Waals surface area contributed by atoms with Gasteiger partial charge in [-0.25, -0.2) is 0 Å². The third kappa shape index (κ3) is 11.7. The molecule has 2 aromatic carbocycles. The van der Waals surface area contributed by atoms with Gasteiger partial charge in [-0.05, 0) is 62.3 Å². The molecule has 0 aliphatic rings. The maximum atomic E-state index is 13.8. The second-order valence-corrected chi connectivity index (χ2v) is 13.0. The van der Waals surface area contributed by atoms with Crippen LogP contribution in [0.2, 0.25) is 0 Å². The number of carbonyl (C=O) groups is 2. The average molecular weight is 609 g/mol. The largest absolute Gasteiger partial charge is 0.389 e. The number of amides is 1. The number of anilines is 1. The first-order chi connectivity index (χ1) is 20.8. The number of aryl methyl sites for hydroxylation is 2. The molecule has 246 valence electrons. The first-order valence-electron chi connectivity index (χ1n) is 16.3. The smallest absolute Gasteiger partial charge is 0.251 e. The Morgan fingerprint density at radius 1 is 1.02 bits per heavy atom. The molecule has 0 aliphatic heterocycles. The minimum atomic E-state index is -0.781. The Labute approximate surface area is 267 Å². The van der Waals surface area contributed by atoms with E-state index in [9.17, 15) is 9.90 Å². The van der Waals surface area contributed by atoms with Gasteiger partial charge in [0.2, 0.25) is 0 Å². The third-order valence-electron chi connectivity index (χ3n) is 7.40. The Hall–Kier alpha value is -3.16. The summed E-state index contributed by atoms with van der Waals surface area (Å²) in [6.07, 6.45) is 6.69. The maximum absolute atomic E-state index is 13.8. The molecule has 0 saturated heterocycles. The van der Waals surface area contributed by atoms with E-state index in [-0.39, 0.29) is 11.4 Å². The van der Waals surface area contributed by atoms with Crippen LogP contribution in [0.4, 0.5) is 5.69 Å². The van der Waals surface area contributed by atoms with Crippen LogP contribution < -0.4 is 15.5 Å². The molecule has 0 radical (unpaired) electrons. The van der Waals surface area contributed by atoms with E-state index in [2.05, 4.69) is 81.7 Å². The van der Waals surface area contributed by atoms with Gasteiger partial charge in [-0.1, -0.05) is 84.7 Å². The molecule has 3 rings (SSSR count). The van der Waals surface area contributed by atoms with Gasteiger partial charge in [0.1, 0.15) is 6.79 Å². The molecule has 0 fully saturated rings. The summed E-state index contributed by atoms with van der Waals surface area (Å²) < 4.78 is 2.31. The van der Waals surface area contributed by atoms with Crippen molar-refractivity contribution in [3.8, 4) is 0 Å². The van der Waals surface area contributed by atoms with Crippen LogP contribution in [0.1, 0.15) is 109 Å². The Kier molecular flexibility index (Phi) is 17.0. The summed E-state index contributed by atoms with van der Waals surface area (Å²) >= 11 is 0. The number of nitrogens with zero attached hydrogens (tertiary/aromatic N) is 2. The molecule has 1 amide bonds. The van der Waals surface area contributed by atoms with Crippen LogP contribution in [0, 0.1) is 5.92 Å². The number of aliphatic hydroxyl groups excluding tert-OH is 1. The summed E-state index contributed by atoms with van der Waals surface area (Å²) in [6.45, 7) is 20.7. The van der Waals surface area contributed by atoms with E-state index in [1.165, 1.54) is 11.1 Å². The van der Waals surface area contributed by atoms with Gasteiger partial charge >= 0.3 is 0 Å². The van der Waals surface area contributed by atoms with Crippen molar-refractivity contribution in [1.82, 2.24) is 15.2 Å². The summed E-state index contributed by atoms with van der Waals surface area (Å²) in [5.41, 5.74) is 4.84. The van der Waals surface area contributed by atoms with Crippen molar-refractivity contribution in [1.29, 1.82) is 0 Å². The lowest BCUT2D eigenvalue weighted by Gasteiger charge is -2.31. The van der Waals surface area contributed by atoms with Gasteiger partial charge in [0, 0.05) is 49.9 Å². The van der Waals surface area contributed by atoms with Gasteiger partial charge in [-0.2, -0.15) is 0 Å². The molecule has 0 aliphatic carbocycles. The number of aliphatic hydroxyl groups is 1. The summed E-state index contributed by atoms with van der Waals surface area (Å²) in [7, 11) is 4.04. The van der Waals surface area contributed by atoms with E-state index in [0.717, 1.165) is 61.2 Å². The fraction of sp³-hybridized carbons (Fsp3) is 0.568. The first-order valence-corrected chi connectivity index (χ1v) is 16.3. The fourth-order valence-corrected chi connectivity index (χ4v) is 5.15. The molecule has 2 atom stereocenters. The first kappa shape index (κ1) is 38.9. The lowest BCUT2D eigenvalue weighted by molar-refractivity contribution is -0.0980. The van der Waals surface area contributed by atoms with Gasteiger partial charge in [-0.15, -0.1) is 0 Å². The van der Waals surface area contributed by atoms with Crippen molar-refractivity contribution in [2.24, 2.45) is 5.92 Å². The molecule has 7 nitrogen and oxygen atoms in total. The van der Waals surface area contributed by atoms with Gasteiger partial charge in [0.15, 0.2) is 0 Å². The topological polar surface area (TPSA) is 86.6 Å². The Balaban J connectivity index is 0.00000149. The normalized spacial score (nSPS) is 12.5. The molecule has 1 heterocycles. The SMILES string of the molecule is C=O.CC(C)C.CCCCC(C)(C)NCC(O)C(NC(=O)c1cc(N(C)C)c2c(c1)c(CC)cn2CCC)c1ccccc1. The van der Waals surface area contributed by atoms with Crippen LogP contribution in [0.3, 0.4) is 0 Å². The number of fused-ring (bicyclic) bond motifs is 1. The highest BCUT2D eigenvalue weighted by Crippen LogP contribution is 2.33. The van der Waals surface area contributed by atoms with Crippen molar-refractivity contribution in [2.45, 2.75) is 112 Å². The number of unbranched alkanes of at least 4 members (excludes halogenated alkanes) is 1. The number of rotatable bonds is 14. The van der Waals surface area contributed by atoms with Crippen molar-refractivity contribution >= 4 is 29.3 Å².